The van der Waals surface area contributed by atoms with Crippen LogP contribution in [0.2, 0.25) is 10.0 Å². The first-order valence-electron chi connectivity index (χ1n) is 11.2. The third-order valence-electron chi connectivity index (χ3n) is 6.65. The van der Waals surface area contributed by atoms with Gasteiger partial charge in [-0.25, -0.2) is 0 Å². The van der Waals surface area contributed by atoms with E-state index >= 15 is 0 Å². The first-order chi connectivity index (χ1) is 14.6. The lowest BCUT2D eigenvalue weighted by Gasteiger charge is -2.39. The minimum Gasteiger partial charge on any atom is -0.299 e. The fraction of sp³-hybridized carbons (Fsp3) is 0.500. The number of rotatable bonds is 9. The topological polar surface area (TPSA) is 27.0 Å². The Balaban J connectivity index is 1.80. The lowest BCUT2D eigenvalue weighted by atomic mass is 9.63. The Morgan fingerprint density at radius 3 is 2.27 bits per heavy atom. The third kappa shape index (κ3) is 5.38. The summed E-state index contributed by atoms with van der Waals surface area (Å²) in [6.45, 7) is 5.09. The standard InChI is InChI=1S/C26H32Cl2N2/c1-2-30(19-21-11-5-3-6-12-21)18-10-17-26(20-29,22-13-7-4-8-14-22)25-23(27)15-9-16-24(25)28/h3,5-6,9,11-12,15-16,22H,2,4,7-8,10,13-14,17-19H2,1H3. The maximum Gasteiger partial charge on any atom is 0.0879 e. The second-order valence-corrected chi connectivity index (χ2v) is 9.29. The second-order valence-electron chi connectivity index (χ2n) is 8.47. The summed E-state index contributed by atoms with van der Waals surface area (Å²) >= 11 is 13.3. The van der Waals surface area contributed by atoms with Crippen LogP contribution < -0.4 is 0 Å². The summed E-state index contributed by atoms with van der Waals surface area (Å²) < 4.78 is 0. The van der Waals surface area contributed by atoms with Crippen molar-refractivity contribution in [1.82, 2.24) is 4.90 Å². The molecule has 1 fully saturated rings. The largest absolute Gasteiger partial charge is 0.299 e. The summed E-state index contributed by atoms with van der Waals surface area (Å²) in [7, 11) is 0. The highest BCUT2D eigenvalue weighted by atomic mass is 35.5. The molecule has 160 valence electrons. The van der Waals surface area contributed by atoms with Crippen LogP contribution >= 0.6 is 23.2 Å². The van der Waals surface area contributed by atoms with Crippen LogP contribution in [0.5, 0.6) is 0 Å². The molecule has 2 nitrogen and oxygen atoms in total. The van der Waals surface area contributed by atoms with E-state index in [0.717, 1.165) is 50.9 Å². The van der Waals surface area contributed by atoms with Crippen LogP contribution in [-0.2, 0) is 12.0 Å². The molecule has 1 saturated carbocycles. The van der Waals surface area contributed by atoms with Crippen LogP contribution in [0, 0.1) is 17.2 Å². The van der Waals surface area contributed by atoms with Gasteiger partial charge in [0.05, 0.1) is 11.5 Å². The molecule has 0 radical (unpaired) electrons. The van der Waals surface area contributed by atoms with Crippen LogP contribution in [-0.4, -0.2) is 18.0 Å². The fourth-order valence-corrected chi connectivity index (χ4v) is 5.76. The first-order valence-corrected chi connectivity index (χ1v) is 12.0. The zero-order valence-corrected chi connectivity index (χ0v) is 19.4. The van der Waals surface area contributed by atoms with Gasteiger partial charge >= 0.3 is 0 Å². The average molecular weight is 443 g/mol. The number of halogens is 2. The summed E-state index contributed by atoms with van der Waals surface area (Å²) in [5, 5.41) is 11.8. The Kier molecular flexibility index (Phi) is 8.63. The SMILES string of the molecule is CCN(CCCC(C#N)(c1c(Cl)cccc1Cl)C1CCCCC1)Cc1ccccc1. The molecule has 0 heterocycles. The summed E-state index contributed by atoms with van der Waals surface area (Å²) in [4.78, 5) is 2.45. The molecule has 0 spiro atoms. The second kappa shape index (κ2) is 11.2. The van der Waals surface area contributed by atoms with E-state index in [1.807, 2.05) is 18.2 Å². The van der Waals surface area contributed by atoms with Gasteiger partial charge in [0.2, 0.25) is 0 Å². The molecule has 0 bridgehead atoms. The molecule has 0 saturated heterocycles. The van der Waals surface area contributed by atoms with Crippen LogP contribution in [0.1, 0.15) is 63.0 Å². The number of hydrogen-bond acceptors (Lipinski definition) is 2. The van der Waals surface area contributed by atoms with Crippen molar-refractivity contribution in [2.24, 2.45) is 5.92 Å². The van der Waals surface area contributed by atoms with Gasteiger partial charge < -0.3 is 0 Å². The molecule has 1 aliphatic rings. The molecule has 4 heteroatoms. The maximum absolute atomic E-state index is 10.5. The maximum atomic E-state index is 10.5. The normalized spacial score (nSPS) is 16.9. The van der Waals surface area contributed by atoms with Crippen molar-refractivity contribution in [2.45, 2.75) is 63.8 Å². The molecular weight excluding hydrogens is 411 g/mol. The Labute approximate surface area is 191 Å². The molecule has 0 amide bonds. The molecule has 1 atom stereocenters. The molecule has 0 N–H and O–H groups in total. The number of benzene rings is 2. The van der Waals surface area contributed by atoms with Crippen LogP contribution in [0.15, 0.2) is 48.5 Å². The van der Waals surface area contributed by atoms with Crippen molar-refractivity contribution in [3.8, 4) is 6.07 Å². The van der Waals surface area contributed by atoms with Gasteiger partial charge in [0.1, 0.15) is 0 Å². The van der Waals surface area contributed by atoms with E-state index < -0.39 is 5.41 Å². The Morgan fingerprint density at radius 2 is 1.67 bits per heavy atom. The molecule has 3 rings (SSSR count). The van der Waals surface area contributed by atoms with Crippen LogP contribution in [0.3, 0.4) is 0 Å². The monoisotopic (exact) mass is 442 g/mol. The minimum absolute atomic E-state index is 0.317. The predicted octanol–water partition coefficient (Wildman–Crippen LogP) is 7.64. The van der Waals surface area contributed by atoms with Gasteiger partial charge in [-0.1, -0.05) is 85.8 Å². The highest BCUT2D eigenvalue weighted by Crippen LogP contribution is 2.48. The van der Waals surface area contributed by atoms with Gasteiger partial charge in [-0.2, -0.15) is 5.26 Å². The van der Waals surface area contributed by atoms with Gasteiger partial charge in [0.15, 0.2) is 0 Å². The molecular formula is C26H32Cl2N2. The van der Waals surface area contributed by atoms with E-state index in [2.05, 4.69) is 48.2 Å². The van der Waals surface area contributed by atoms with E-state index in [1.165, 1.54) is 24.8 Å². The molecule has 0 aromatic heterocycles. The predicted molar refractivity (Wildman–Crippen MR) is 127 cm³/mol. The Bertz CT molecular complexity index is 820. The smallest absolute Gasteiger partial charge is 0.0879 e. The number of nitriles is 1. The number of hydrogen-bond donors (Lipinski definition) is 0. The summed E-state index contributed by atoms with van der Waals surface area (Å²) in [6.07, 6.45) is 7.54. The minimum atomic E-state index is -0.609. The molecule has 0 aliphatic heterocycles. The van der Waals surface area contributed by atoms with Gasteiger partial charge in [-0.3, -0.25) is 4.90 Å². The van der Waals surface area contributed by atoms with E-state index in [4.69, 9.17) is 23.2 Å². The quantitative estimate of drug-likeness (QED) is 0.398. The lowest BCUT2D eigenvalue weighted by Crippen LogP contribution is -2.37. The fourth-order valence-electron chi connectivity index (χ4n) is 5.03. The Morgan fingerprint density at radius 1 is 1.00 bits per heavy atom. The van der Waals surface area contributed by atoms with Crippen LogP contribution in [0.4, 0.5) is 0 Å². The van der Waals surface area contributed by atoms with Crippen molar-refractivity contribution in [1.29, 1.82) is 5.26 Å². The molecule has 2 aromatic carbocycles. The molecule has 1 unspecified atom stereocenters. The zero-order valence-electron chi connectivity index (χ0n) is 17.9. The van der Waals surface area contributed by atoms with Gasteiger partial charge in [0.25, 0.3) is 0 Å². The van der Waals surface area contributed by atoms with E-state index in [-0.39, 0.29) is 0 Å². The van der Waals surface area contributed by atoms with Gasteiger partial charge in [0, 0.05) is 22.2 Å². The van der Waals surface area contributed by atoms with Crippen molar-refractivity contribution >= 4 is 23.2 Å². The van der Waals surface area contributed by atoms with Gasteiger partial charge in [-0.05, 0) is 62.4 Å². The van der Waals surface area contributed by atoms with Crippen molar-refractivity contribution in [3.05, 3.63) is 69.7 Å². The highest BCUT2D eigenvalue weighted by Gasteiger charge is 2.43. The molecule has 2 aromatic rings. The van der Waals surface area contributed by atoms with E-state index in [0.29, 0.717) is 16.0 Å². The van der Waals surface area contributed by atoms with Crippen molar-refractivity contribution in [2.75, 3.05) is 13.1 Å². The van der Waals surface area contributed by atoms with Crippen LogP contribution in [0.25, 0.3) is 0 Å². The summed E-state index contributed by atoms with van der Waals surface area (Å²) in [5.41, 5.74) is 1.57. The lowest BCUT2D eigenvalue weighted by molar-refractivity contribution is 0.215. The molecule has 1 aliphatic carbocycles. The van der Waals surface area contributed by atoms with Gasteiger partial charge in [-0.15, -0.1) is 0 Å². The molecule has 30 heavy (non-hydrogen) atoms. The average Bonchev–Trinajstić information content (AvgIpc) is 2.78. The first kappa shape index (κ1) is 23.1. The van der Waals surface area contributed by atoms with E-state index in [1.54, 1.807) is 0 Å². The van der Waals surface area contributed by atoms with Crippen molar-refractivity contribution in [3.63, 3.8) is 0 Å². The summed E-state index contributed by atoms with van der Waals surface area (Å²) in [5.74, 6) is 0.317. The summed E-state index contributed by atoms with van der Waals surface area (Å²) in [6, 6.07) is 19.0. The Hall–Kier alpha value is -1.53. The highest BCUT2D eigenvalue weighted by molar-refractivity contribution is 6.36. The van der Waals surface area contributed by atoms with E-state index in [9.17, 15) is 5.26 Å². The zero-order chi connectivity index (χ0) is 21.4. The number of nitrogens with zero attached hydrogens (tertiary/aromatic N) is 2. The third-order valence-corrected chi connectivity index (χ3v) is 7.28. The van der Waals surface area contributed by atoms with Crippen molar-refractivity contribution < 1.29 is 0 Å².